The number of aliphatic hydroxyl groups excluding tert-OH is 1. The van der Waals surface area contributed by atoms with Crippen LogP contribution in [-0.4, -0.2) is 21.4 Å². The maximum Gasteiger partial charge on any atom is 0.435 e. The first-order valence-electron chi connectivity index (χ1n) is 4.19. The number of rotatable bonds is 3. The molecule has 80 valence electrons. The third kappa shape index (κ3) is 3.02. The number of aliphatic hydroxyl groups is 1. The number of aromatic nitrogens is 2. The molecule has 0 saturated heterocycles. The molecule has 0 aliphatic rings. The molecule has 0 spiro atoms. The van der Waals surface area contributed by atoms with Gasteiger partial charge in [0.1, 0.15) is 0 Å². The minimum Gasteiger partial charge on any atom is -0.393 e. The molecule has 0 saturated carbocycles. The van der Waals surface area contributed by atoms with E-state index in [1.54, 1.807) is 6.92 Å². The average Bonchev–Trinajstić information content (AvgIpc) is 2.47. The van der Waals surface area contributed by atoms with Gasteiger partial charge in [-0.3, -0.25) is 5.10 Å². The van der Waals surface area contributed by atoms with Gasteiger partial charge >= 0.3 is 6.18 Å². The fourth-order valence-electron chi connectivity index (χ4n) is 0.999. The van der Waals surface area contributed by atoms with Crippen LogP contribution in [0, 0.1) is 0 Å². The maximum atomic E-state index is 12.1. The Kier molecular flexibility index (Phi) is 3.15. The van der Waals surface area contributed by atoms with Crippen molar-refractivity contribution >= 4 is 0 Å². The van der Waals surface area contributed by atoms with Gasteiger partial charge in [-0.1, -0.05) is 0 Å². The third-order valence-corrected chi connectivity index (χ3v) is 1.75. The molecule has 0 aromatic carbocycles. The van der Waals surface area contributed by atoms with Gasteiger partial charge in [0.2, 0.25) is 0 Å². The summed E-state index contributed by atoms with van der Waals surface area (Å²) in [6.07, 6.45) is -4.15. The van der Waals surface area contributed by atoms with Crippen molar-refractivity contribution in [1.82, 2.24) is 10.2 Å². The van der Waals surface area contributed by atoms with E-state index >= 15 is 0 Å². The first kappa shape index (κ1) is 11.0. The zero-order valence-electron chi connectivity index (χ0n) is 7.60. The number of nitrogens with one attached hydrogen (secondary N) is 1. The van der Waals surface area contributed by atoms with Gasteiger partial charge in [-0.25, -0.2) is 0 Å². The van der Waals surface area contributed by atoms with Crippen molar-refractivity contribution in [2.45, 2.75) is 32.0 Å². The molecule has 14 heavy (non-hydrogen) atoms. The number of halogens is 3. The maximum absolute atomic E-state index is 12.1. The summed E-state index contributed by atoms with van der Waals surface area (Å²) in [4.78, 5) is 0. The summed E-state index contributed by atoms with van der Waals surface area (Å²) in [5.74, 6) is 0. The molecule has 2 N–H and O–H groups in total. The fraction of sp³-hybridized carbons (Fsp3) is 0.625. The summed E-state index contributed by atoms with van der Waals surface area (Å²) >= 11 is 0. The zero-order valence-corrected chi connectivity index (χ0v) is 7.60. The van der Waals surface area contributed by atoms with Crippen LogP contribution in [0.5, 0.6) is 0 Å². The molecule has 0 aliphatic heterocycles. The normalized spacial score (nSPS) is 14.4. The number of aryl methyl sites for hydroxylation is 1. The van der Waals surface area contributed by atoms with Gasteiger partial charge in [-0.15, -0.1) is 0 Å². The number of hydrogen-bond donors (Lipinski definition) is 2. The SMILES string of the molecule is C[C@H](O)CCc1cc(C(F)(F)F)n[nH]1. The lowest BCUT2D eigenvalue weighted by Crippen LogP contribution is -2.04. The van der Waals surface area contributed by atoms with Gasteiger partial charge < -0.3 is 5.11 Å². The highest BCUT2D eigenvalue weighted by Gasteiger charge is 2.33. The van der Waals surface area contributed by atoms with Gasteiger partial charge in [0.05, 0.1) is 6.10 Å². The molecule has 3 nitrogen and oxygen atoms in total. The van der Waals surface area contributed by atoms with Crippen molar-refractivity contribution in [3.63, 3.8) is 0 Å². The van der Waals surface area contributed by atoms with E-state index in [0.29, 0.717) is 18.5 Å². The first-order chi connectivity index (χ1) is 6.39. The lowest BCUT2D eigenvalue weighted by Gasteiger charge is -2.00. The molecule has 1 rings (SSSR count). The van der Waals surface area contributed by atoms with Gasteiger partial charge in [-0.2, -0.15) is 18.3 Å². The van der Waals surface area contributed by atoms with Crippen LogP contribution < -0.4 is 0 Å². The largest absolute Gasteiger partial charge is 0.435 e. The van der Waals surface area contributed by atoms with E-state index < -0.39 is 18.0 Å². The van der Waals surface area contributed by atoms with Gasteiger partial charge in [0.25, 0.3) is 0 Å². The average molecular weight is 208 g/mol. The molecular weight excluding hydrogens is 197 g/mol. The van der Waals surface area contributed by atoms with Crippen LogP contribution in [0.2, 0.25) is 0 Å². The quantitative estimate of drug-likeness (QED) is 0.794. The molecule has 0 unspecified atom stereocenters. The summed E-state index contributed by atoms with van der Waals surface area (Å²) in [7, 11) is 0. The third-order valence-electron chi connectivity index (χ3n) is 1.75. The Balaban J connectivity index is 2.60. The molecule has 1 heterocycles. The number of hydrogen-bond acceptors (Lipinski definition) is 2. The summed E-state index contributed by atoms with van der Waals surface area (Å²) in [6, 6.07) is 0.961. The Morgan fingerprint density at radius 3 is 2.64 bits per heavy atom. The predicted molar refractivity (Wildman–Crippen MR) is 43.6 cm³/mol. The van der Waals surface area contributed by atoms with Crippen molar-refractivity contribution in [2.24, 2.45) is 0 Å². The van der Waals surface area contributed by atoms with Crippen molar-refractivity contribution in [3.05, 3.63) is 17.5 Å². The number of alkyl halides is 3. The van der Waals surface area contributed by atoms with E-state index in [1.165, 1.54) is 0 Å². The highest BCUT2D eigenvalue weighted by Crippen LogP contribution is 2.27. The highest BCUT2D eigenvalue weighted by molar-refractivity contribution is 5.11. The first-order valence-corrected chi connectivity index (χ1v) is 4.19. The fourth-order valence-corrected chi connectivity index (χ4v) is 0.999. The van der Waals surface area contributed by atoms with E-state index in [1.807, 2.05) is 0 Å². The van der Waals surface area contributed by atoms with Gasteiger partial charge in [0, 0.05) is 5.69 Å². The Bertz CT molecular complexity index is 293. The van der Waals surface area contributed by atoms with Crippen LogP contribution in [0.25, 0.3) is 0 Å². The topological polar surface area (TPSA) is 48.9 Å². The van der Waals surface area contributed by atoms with Crippen molar-refractivity contribution < 1.29 is 18.3 Å². The second-order valence-corrected chi connectivity index (χ2v) is 3.16. The molecule has 0 fully saturated rings. The molecule has 1 atom stereocenters. The van der Waals surface area contributed by atoms with Crippen LogP contribution in [0.3, 0.4) is 0 Å². The Labute approximate surface area is 78.9 Å². The van der Waals surface area contributed by atoms with Gasteiger partial charge in [-0.05, 0) is 25.8 Å². The molecule has 0 amide bonds. The van der Waals surface area contributed by atoms with Crippen molar-refractivity contribution in [1.29, 1.82) is 0 Å². The highest BCUT2D eigenvalue weighted by atomic mass is 19.4. The summed E-state index contributed by atoms with van der Waals surface area (Å²) in [5.41, 5.74) is -0.531. The Morgan fingerprint density at radius 1 is 1.57 bits per heavy atom. The Morgan fingerprint density at radius 2 is 2.21 bits per heavy atom. The molecule has 1 aromatic heterocycles. The summed E-state index contributed by atoms with van der Waals surface area (Å²) < 4.78 is 36.2. The minimum atomic E-state index is -4.40. The van der Waals surface area contributed by atoms with Crippen LogP contribution in [0.4, 0.5) is 13.2 Å². The molecule has 0 aliphatic carbocycles. The minimum absolute atomic E-state index is 0.362. The molecule has 6 heteroatoms. The molecule has 0 bridgehead atoms. The van der Waals surface area contributed by atoms with E-state index in [-0.39, 0.29) is 0 Å². The lowest BCUT2D eigenvalue weighted by molar-refractivity contribution is -0.141. The number of aromatic amines is 1. The number of H-pyrrole nitrogens is 1. The standard InChI is InChI=1S/C8H11F3N2O/c1-5(14)2-3-6-4-7(13-12-6)8(9,10)11/h4-5,14H,2-3H2,1H3,(H,12,13)/t5-/m0/s1. The van der Waals surface area contributed by atoms with Crippen LogP contribution in [0.1, 0.15) is 24.7 Å². The molecule has 0 radical (unpaired) electrons. The second kappa shape index (κ2) is 4.00. The monoisotopic (exact) mass is 208 g/mol. The van der Waals surface area contributed by atoms with E-state index in [2.05, 4.69) is 10.2 Å². The van der Waals surface area contributed by atoms with Gasteiger partial charge in [0.15, 0.2) is 5.69 Å². The summed E-state index contributed by atoms with van der Waals surface area (Å²) in [6.45, 7) is 1.58. The smallest absolute Gasteiger partial charge is 0.393 e. The second-order valence-electron chi connectivity index (χ2n) is 3.16. The van der Waals surface area contributed by atoms with Crippen molar-refractivity contribution in [3.8, 4) is 0 Å². The van der Waals surface area contributed by atoms with Crippen molar-refractivity contribution in [2.75, 3.05) is 0 Å². The van der Waals surface area contributed by atoms with Crippen LogP contribution in [0.15, 0.2) is 6.07 Å². The summed E-state index contributed by atoms with van der Waals surface area (Å²) in [5, 5.41) is 14.3. The van der Waals surface area contributed by atoms with E-state index in [0.717, 1.165) is 6.07 Å². The Hall–Kier alpha value is -1.04. The molecule has 1 aromatic rings. The zero-order chi connectivity index (χ0) is 10.8. The van der Waals surface area contributed by atoms with E-state index in [4.69, 9.17) is 5.11 Å². The predicted octanol–water partition coefficient (Wildman–Crippen LogP) is 1.74. The molecular formula is C8H11F3N2O. The van der Waals surface area contributed by atoms with E-state index in [9.17, 15) is 13.2 Å². The number of nitrogens with zero attached hydrogens (tertiary/aromatic N) is 1. The van der Waals surface area contributed by atoms with Crippen LogP contribution >= 0.6 is 0 Å². The lowest BCUT2D eigenvalue weighted by atomic mass is 10.2. The van der Waals surface area contributed by atoms with Crippen LogP contribution in [-0.2, 0) is 12.6 Å².